The minimum absolute atomic E-state index is 0.0638. The standard InChI is InChI=1S/C13H24N2O9/c1-10(2)13(3,4)23-12(16)21-8-6-5-7-11(24-15(19)20)9-22-14(17)18/h10-11H,5-9H2,1-4H3. The van der Waals surface area contributed by atoms with Gasteiger partial charge in [0.15, 0.2) is 0 Å². The molecule has 0 aliphatic heterocycles. The van der Waals surface area contributed by atoms with Crippen LogP contribution in [-0.2, 0) is 19.1 Å². The summed E-state index contributed by atoms with van der Waals surface area (Å²) in [7, 11) is 0. The second kappa shape index (κ2) is 10.4. The first-order chi connectivity index (χ1) is 11.0. The van der Waals surface area contributed by atoms with Crippen LogP contribution in [0.2, 0.25) is 0 Å². The number of carbonyl (C=O) groups excluding carboxylic acids is 1. The van der Waals surface area contributed by atoms with Crippen LogP contribution in [0.3, 0.4) is 0 Å². The maximum atomic E-state index is 11.5. The molecule has 0 aromatic rings. The van der Waals surface area contributed by atoms with E-state index < -0.39 is 34.6 Å². The van der Waals surface area contributed by atoms with Crippen LogP contribution in [0.25, 0.3) is 0 Å². The maximum Gasteiger partial charge on any atom is 0.508 e. The molecule has 0 aromatic heterocycles. The van der Waals surface area contributed by atoms with E-state index in [2.05, 4.69) is 9.68 Å². The Morgan fingerprint density at radius 3 is 2.25 bits per heavy atom. The second-order valence-corrected chi connectivity index (χ2v) is 5.92. The second-order valence-electron chi connectivity index (χ2n) is 5.92. The molecule has 0 fully saturated rings. The monoisotopic (exact) mass is 352 g/mol. The highest BCUT2D eigenvalue weighted by atomic mass is 17.0. The molecule has 11 heteroatoms. The van der Waals surface area contributed by atoms with Crippen molar-refractivity contribution < 1.29 is 34.1 Å². The van der Waals surface area contributed by atoms with Gasteiger partial charge < -0.3 is 19.1 Å². The van der Waals surface area contributed by atoms with Gasteiger partial charge in [-0.25, -0.2) is 4.79 Å². The van der Waals surface area contributed by atoms with E-state index in [0.717, 1.165) is 0 Å². The van der Waals surface area contributed by atoms with Gasteiger partial charge in [0, 0.05) is 0 Å². The molecule has 0 saturated heterocycles. The van der Waals surface area contributed by atoms with Crippen LogP contribution in [0.15, 0.2) is 0 Å². The van der Waals surface area contributed by atoms with Crippen molar-refractivity contribution in [2.24, 2.45) is 5.92 Å². The summed E-state index contributed by atoms with van der Waals surface area (Å²) in [6.45, 7) is 6.89. The fourth-order valence-electron chi connectivity index (χ4n) is 1.42. The molecule has 0 bridgehead atoms. The van der Waals surface area contributed by atoms with Crippen molar-refractivity contribution in [3.63, 3.8) is 0 Å². The van der Waals surface area contributed by atoms with Crippen molar-refractivity contribution >= 4 is 6.16 Å². The van der Waals surface area contributed by atoms with Gasteiger partial charge in [0.05, 0.1) is 6.61 Å². The highest BCUT2D eigenvalue weighted by molar-refractivity contribution is 5.60. The molecule has 0 aliphatic carbocycles. The predicted molar refractivity (Wildman–Crippen MR) is 80.0 cm³/mol. The lowest BCUT2D eigenvalue weighted by molar-refractivity contribution is -0.790. The summed E-state index contributed by atoms with van der Waals surface area (Å²) in [4.78, 5) is 40.3. The normalized spacial score (nSPS) is 12.4. The lowest BCUT2D eigenvalue weighted by Gasteiger charge is -2.28. The molecule has 1 unspecified atom stereocenters. The number of hydrogen-bond donors (Lipinski definition) is 0. The molecule has 0 spiro atoms. The van der Waals surface area contributed by atoms with Gasteiger partial charge in [0.25, 0.3) is 10.2 Å². The molecule has 0 amide bonds. The Labute approximate surface area is 139 Å². The van der Waals surface area contributed by atoms with E-state index in [-0.39, 0.29) is 18.9 Å². The van der Waals surface area contributed by atoms with Crippen molar-refractivity contribution in [3.8, 4) is 0 Å². The Morgan fingerprint density at radius 2 is 1.75 bits per heavy atom. The van der Waals surface area contributed by atoms with Gasteiger partial charge in [-0.05, 0) is 39.0 Å². The fraction of sp³-hybridized carbons (Fsp3) is 0.923. The van der Waals surface area contributed by atoms with Crippen molar-refractivity contribution in [2.45, 2.75) is 58.7 Å². The number of carbonyl (C=O) groups is 1. The van der Waals surface area contributed by atoms with Gasteiger partial charge in [0.1, 0.15) is 18.3 Å². The predicted octanol–water partition coefficient (Wildman–Crippen LogP) is 2.53. The molecule has 0 radical (unpaired) electrons. The fourth-order valence-corrected chi connectivity index (χ4v) is 1.42. The van der Waals surface area contributed by atoms with Gasteiger partial charge in [-0.1, -0.05) is 13.8 Å². The van der Waals surface area contributed by atoms with E-state index in [0.29, 0.717) is 12.8 Å². The Hall–Kier alpha value is -2.33. The summed E-state index contributed by atoms with van der Waals surface area (Å²) < 4.78 is 10.1. The topological polar surface area (TPSA) is 140 Å². The maximum absolute atomic E-state index is 11.5. The largest absolute Gasteiger partial charge is 0.508 e. The Kier molecular flexibility index (Phi) is 9.43. The van der Waals surface area contributed by atoms with E-state index >= 15 is 0 Å². The summed E-state index contributed by atoms with van der Waals surface area (Å²) >= 11 is 0. The third-order valence-electron chi connectivity index (χ3n) is 3.48. The van der Waals surface area contributed by atoms with E-state index in [9.17, 15) is 25.0 Å². The molecule has 140 valence electrons. The molecule has 0 saturated carbocycles. The van der Waals surface area contributed by atoms with E-state index in [1.807, 2.05) is 13.8 Å². The third kappa shape index (κ3) is 10.4. The minimum Gasteiger partial charge on any atom is -0.434 e. The molecule has 24 heavy (non-hydrogen) atoms. The minimum atomic E-state index is -1.06. The van der Waals surface area contributed by atoms with Gasteiger partial charge in [0.2, 0.25) is 0 Å². The number of hydrogen-bond acceptors (Lipinski definition) is 9. The molecule has 11 nitrogen and oxygen atoms in total. The van der Waals surface area contributed by atoms with Crippen LogP contribution in [0, 0.1) is 26.1 Å². The first kappa shape index (κ1) is 21.7. The van der Waals surface area contributed by atoms with Crippen molar-refractivity contribution in [1.29, 1.82) is 0 Å². The zero-order chi connectivity index (χ0) is 18.8. The van der Waals surface area contributed by atoms with Crippen LogP contribution in [0.1, 0.15) is 47.0 Å². The van der Waals surface area contributed by atoms with Crippen LogP contribution in [0.4, 0.5) is 4.79 Å². The number of unbranched alkanes of at least 4 members (excludes halogenated alkanes) is 1. The van der Waals surface area contributed by atoms with Gasteiger partial charge in [-0.15, -0.1) is 20.2 Å². The Bertz CT molecular complexity index is 426. The van der Waals surface area contributed by atoms with Gasteiger partial charge >= 0.3 is 6.16 Å². The van der Waals surface area contributed by atoms with E-state index in [1.165, 1.54) is 0 Å². The highest BCUT2D eigenvalue weighted by Gasteiger charge is 2.27. The zero-order valence-electron chi connectivity index (χ0n) is 14.3. The highest BCUT2D eigenvalue weighted by Crippen LogP contribution is 2.21. The molecule has 0 N–H and O–H groups in total. The van der Waals surface area contributed by atoms with Crippen LogP contribution in [-0.4, -0.2) is 41.2 Å². The summed E-state index contributed by atoms with van der Waals surface area (Å²) in [5.74, 6) is 0.117. The van der Waals surface area contributed by atoms with Crippen molar-refractivity contribution in [3.05, 3.63) is 20.2 Å². The third-order valence-corrected chi connectivity index (χ3v) is 3.48. The first-order valence-corrected chi connectivity index (χ1v) is 7.48. The molecule has 0 heterocycles. The van der Waals surface area contributed by atoms with Crippen LogP contribution >= 0.6 is 0 Å². The Balaban J connectivity index is 4.01. The van der Waals surface area contributed by atoms with E-state index in [4.69, 9.17) is 9.47 Å². The van der Waals surface area contributed by atoms with Crippen LogP contribution in [0.5, 0.6) is 0 Å². The average molecular weight is 352 g/mol. The molecule has 0 rings (SSSR count). The van der Waals surface area contributed by atoms with E-state index in [1.54, 1.807) is 13.8 Å². The summed E-state index contributed by atoms with van der Waals surface area (Å²) in [5.41, 5.74) is -0.651. The van der Waals surface area contributed by atoms with Crippen molar-refractivity contribution in [2.75, 3.05) is 13.2 Å². The Morgan fingerprint density at radius 1 is 1.12 bits per heavy atom. The molecular weight excluding hydrogens is 328 g/mol. The number of ether oxygens (including phenoxy) is 2. The zero-order valence-corrected chi connectivity index (χ0v) is 14.3. The molecule has 0 aromatic carbocycles. The SMILES string of the molecule is CC(C)C(C)(C)OC(=O)OCCCCC(CO[N+](=O)[O-])O[N+](=O)[O-]. The quantitative estimate of drug-likeness (QED) is 0.224. The van der Waals surface area contributed by atoms with Gasteiger partial charge in [-0.2, -0.15) is 0 Å². The summed E-state index contributed by atoms with van der Waals surface area (Å²) in [5, 5.41) is 18.3. The smallest absolute Gasteiger partial charge is 0.434 e. The molecular formula is C13H24N2O9. The van der Waals surface area contributed by atoms with Crippen LogP contribution < -0.4 is 0 Å². The average Bonchev–Trinajstić information content (AvgIpc) is 2.42. The lowest BCUT2D eigenvalue weighted by Crippen LogP contribution is -2.34. The number of nitrogens with zero attached hydrogens (tertiary/aromatic N) is 2. The summed E-state index contributed by atoms with van der Waals surface area (Å²) in [6.07, 6.45) is -0.918. The lowest BCUT2D eigenvalue weighted by atomic mass is 9.95. The van der Waals surface area contributed by atoms with Gasteiger partial charge in [-0.3, -0.25) is 0 Å². The van der Waals surface area contributed by atoms with Crippen molar-refractivity contribution in [1.82, 2.24) is 0 Å². The molecule has 0 aliphatic rings. The molecule has 1 atom stereocenters. The number of rotatable bonds is 12. The summed E-state index contributed by atoms with van der Waals surface area (Å²) in [6, 6.07) is 0. The first-order valence-electron chi connectivity index (χ1n) is 7.48.